The third kappa shape index (κ3) is 2.51. The Morgan fingerprint density at radius 1 is 1.39 bits per heavy atom. The second kappa shape index (κ2) is 4.78. The number of epoxide rings is 1. The number of aromatic nitrogens is 3. The SMILES string of the molecule is CCn1cc(-c2ccc(OCC3CO3)cc2)nn1. The van der Waals surface area contributed by atoms with Crippen LogP contribution in [-0.4, -0.2) is 34.3 Å². The summed E-state index contributed by atoms with van der Waals surface area (Å²) in [5.74, 6) is 0.858. The van der Waals surface area contributed by atoms with E-state index in [1.807, 2.05) is 42.1 Å². The Bertz CT molecular complexity index is 517. The average Bonchev–Trinajstić information content (AvgIpc) is 3.12. The van der Waals surface area contributed by atoms with Gasteiger partial charge in [-0.05, 0) is 31.2 Å². The summed E-state index contributed by atoms with van der Waals surface area (Å²) in [5, 5.41) is 8.14. The van der Waals surface area contributed by atoms with Crippen LogP contribution < -0.4 is 4.74 Å². The predicted octanol–water partition coefficient (Wildman–Crippen LogP) is 1.74. The standard InChI is InChI=1S/C13H15N3O2/c1-2-16-7-13(14-15-16)10-3-5-11(6-4-10)17-8-12-9-18-12/h3-7,12H,2,8-9H2,1H3. The number of ether oxygens (including phenoxy) is 2. The van der Waals surface area contributed by atoms with Gasteiger partial charge >= 0.3 is 0 Å². The molecule has 3 rings (SSSR count). The summed E-state index contributed by atoms with van der Waals surface area (Å²) in [6, 6.07) is 7.88. The van der Waals surface area contributed by atoms with Crippen molar-refractivity contribution in [3.05, 3.63) is 30.5 Å². The number of hydrogen-bond acceptors (Lipinski definition) is 4. The first-order valence-electron chi connectivity index (χ1n) is 6.10. The highest BCUT2D eigenvalue weighted by atomic mass is 16.6. The summed E-state index contributed by atoms with van der Waals surface area (Å²) in [7, 11) is 0. The van der Waals surface area contributed by atoms with Gasteiger partial charge < -0.3 is 9.47 Å². The lowest BCUT2D eigenvalue weighted by atomic mass is 10.2. The molecular weight excluding hydrogens is 230 g/mol. The van der Waals surface area contributed by atoms with Crippen molar-refractivity contribution in [2.75, 3.05) is 13.2 Å². The fourth-order valence-corrected chi connectivity index (χ4v) is 1.66. The van der Waals surface area contributed by atoms with Crippen LogP contribution in [0.4, 0.5) is 0 Å². The summed E-state index contributed by atoms with van der Waals surface area (Å²) in [4.78, 5) is 0. The molecule has 0 aliphatic carbocycles. The minimum absolute atomic E-state index is 0.286. The number of aryl methyl sites for hydroxylation is 1. The molecule has 1 aromatic carbocycles. The van der Waals surface area contributed by atoms with Crippen molar-refractivity contribution in [2.45, 2.75) is 19.6 Å². The molecule has 1 fully saturated rings. The highest BCUT2D eigenvalue weighted by Gasteiger charge is 2.22. The molecule has 0 bridgehead atoms. The van der Waals surface area contributed by atoms with E-state index in [-0.39, 0.29) is 6.10 Å². The minimum Gasteiger partial charge on any atom is -0.491 e. The summed E-state index contributed by atoms with van der Waals surface area (Å²) in [5.41, 5.74) is 1.93. The summed E-state index contributed by atoms with van der Waals surface area (Å²) in [6.45, 7) is 4.31. The van der Waals surface area contributed by atoms with Crippen molar-refractivity contribution < 1.29 is 9.47 Å². The molecule has 1 unspecified atom stereocenters. The average molecular weight is 245 g/mol. The maximum atomic E-state index is 5.58. The highest BCUT2D eigenvalue weighted by Crippen LogP contribution is 2.21. The molecule has 0 amide bonds. The van der Waals surface area contributed by atoms with E-state index < -0.39 is 0 Å². The fourth-order valence-electron chi connectivity index (χ4n) is 1.66. The zero-order chi connectivity index (χ0) is 12.4. The molecular formula is C13H15N3O2. The maximum Gasteiger partial charge on any atom is 0.119 e. The van der Waals surface area contributed by atoms with Crippen molar-refractivity contribution in [3.8, 4) is 17.0 Å². The summed E-state index contributed by atoms with van der Waals surface area (Å²) < 4.78 is 12.5. The van der Waals surface area contributed by atoms with E-state index in [0.717, 1.165) is 30.2 Å². The first-order chi connectivity index (χ1) is 8.85. The lowest BCUT2D eigenvalue weighted by molar-refractivity contribution is 0.263. The van der Waals surface area contributed by atoms with Gasteiger partial charge in [0.2, 0.25) is 0 Å². The lowest BCUT2D eigenvalue weighted by Crippen LogP contribution is -2.03. The van der Waals surface area contributed by atoms with Crippen LogP contribution in [0.2, 0.25) is 0 Å². The van der Waals surface area contributed by atoms with Gasteiger partial charge in [0.05, 0.1) is 12.8 Å². The molecule has 94 valence electrons. The molecule has 1 aromatic heterocycles. The molecule has 0 spiro atoms. The van der Waals surface area contributed by atoms with E-state index in [1.54, 1.807) is 0 Å². The second-order valence-corrected chi connectivity index (χ2v) is 4.25. The normalized spacial score (nSPS) is 17.7. The van der Waals surface area contributed by atoms with E-state index in [2.05, 4.69) is 10.3 Å². The Morgan fingerprint density at radius 3 is 2.78 bits per heavy atom. The Kier molecular flexibility index (Phi) is 2.98. The third-order valence-electron chi connectivity index (χ3n) is 2.85. The van der Waals surface area contributed by atoms with Crippen LogP contribution in [0, 0.1) is 0 Å². The smallest absolute Gasteiger partial charge is 0.119 e. The predicted molar refractivity (Wildman–Crippen MR) is 66.4 cm³/mol. The molecule has 1 atom stereocenters. The van der Waals surface area contributed by atoms with Crippen LogP contribution >= 0.6 is 0 Å². The fraction of sp³-hybridized carbons (Fsp3) is 0.385. The van der Waals surface area contributed by atoms with E-state index in [4.69, 9.17) is 9.47 Å². The van der Waals surface area contributed by atoms with Crippen LogP contribution in [0.5, 0.6) is 5.75 Å². The van der Waals surface area contributed by atoms with Crippen LogP contribution in [0.3, 0.4) is 0 Å². The second-order valence-electron chi connectivity index (χ2n) is 4.25. The van der Waals surface area contributed by atoms with E-state index in [9.17, 15) is 0 Å². The molecule has 0 saturated carbocycles. The molecule has 2 aromatic rings. The quantitative estimate of drug-likeness (QED) is 0.753. The Hall–Kier alpha value is -1.88. The van der Waals surface area contributed by atoms with Crippen molar-refractivity contribution in [1.82, 2.24) is 15.0 Å². The Morgan fingerprint density at radius 2 is 2.17 bits per heavy atom. The van der Waals surface area contributed by atoms with Gasteiger partial charge in [0.15, 0.2) is 0 Å². The molecule has 0 N–H and O–H groups in total. The monoisotopic (exact) mass is 245 g/mol. The van der Waals surface area contributed by atoms with Gasteiger partial charge in [-0.2, -0.15) is 0 Å². The largest absolute Gasteiger partial charge is 0.491 e. The van der Waals surface area contributed by atoms with Gasteiger partial charge in [0.25, 0.3) is 0 Å². The first kappa shape index (κ1) is 11.2. The van der Waals surface area contributed by atoms with E-state index in [1.165, 1.54) is 0 Å². The molecule has 1 aliphatic heterocycles. The number of nitrogens with zero attached hydrogens (tertiary/aromatic N) is 3. The highest BCUT2D eigenvalue weighted by molar-refractivity contribution is 5.58. The maximum absolute atomic E-state index is 5.58. The molecule has 2 heterocycles. The van der Waals surface area contributed by atoms with Crippen LogP contribution in [0.25, 0.3) is 11.3 Å². The molecule has 18 heavy (non-hydrogen) atoms. The van der Waals surface area contributed by atoms with E-state index >= 15 is 0 Å². The third-order valence-corrected chi connectivity index (χ3v) is 2.85. The number of benzene rings is 1. The molecule has 0 radical (unpaired) electrons. The van der Waals surface area contributed by atoms with Crippen molar-refractivity contribution >= 4 is 0 Å². The summed E-state index contributed by atoms with van der Waals surface area (Å²) in [6.07, 6.45) is 2.22. The molecule has 5 heteroatoms. The minimum atomic E-state index is 0.286. The Balaban J connectivity index is 1.69. The van der Waals surface area contributed by atoms with Crippen LogP contribution in [0.1, 0.15) is 6.92 Å². The van der Waals surface area contributed by atoms with Crippen LogP contribution in [0.15, 0.2) is 30.5 Å². The Labute approximate surface area is 105 Å². The van der Waals surface area contributed by atoms with Gasteiger partial charge in [-0.25, -0.2) is 0 Å². The van der Waals surface area contributed by atoms with Crippen molar-refractivity contribution in [3.63, 3.8) is 0 Å². The number of rotatable bonds is 5. The van der Waals surface area contributed by atoms with Gasteiger partial charge in [0.1, 0.15) is 24.2 Å². The van der Waals surface area contributed by atoms with Gasteiger partial charge in [-0.1, -0.05) is 5.21 Å². The lowest BCUT2D eigenvalue weighted by Gasteiger charge is -2.04. The number of hydrogen-bond donors (Lipinski definition) is 0. The van der Waals surface area contributed by atoms with Gasteiger partial charge in [-0.3, -0.25) is 4.68 Å². The van der Waals surface area contributed by atoms with Crippen molar-refractivity contribution in [2.24, 2.45) is 0 Å². The zero-order valence-electron chi connectivity index (χ0n) is 10.2. The first-order valence-corrected chi connectivity index (χ1v) is 6.10. The van der Waals surface area contributed by atoms with Crippen LogP contribution in [-0.2, 0) is 11.3 Å². The topological polar surface area (TPSA) is 52.5 Å². The van der Waals surface area contributed by atoms with Gasteiger partial charge in [0, 0.05) is 12.1 Å². The zero-order valence-corrected chi connectivity index (χ0v) is 10.2. The molecule has 1 saturated heterocycles. The summed E-state index contributed by atoms with van der Waals surface area (Å²) >= 11 is 0. The van der Waals surface area contributed by atoms with E-state index in [0.29, 0.717) is 6.61 Å². The van der Waals surface area contributed by atoms with Crippen molar-refractivity contribution in [1.29, 1.82) is 0 Å². The molecule has 5 nitrogen and oxygen atoms in total. The van der Waals surface area contributed by atoms with Gasteiger partial charge in [-0.15, -0.1) is 5.10 Å². The molecule has 1 aliphatic rings.